The minimum absolute atomic E-state index is 0.127. The van der Waals surface area contributed by atoms with Gasteiger partial charge >= 0.3 is 0 Å². The number of anilines is 1. The van der Waals surface area contributed by atoms with Gasteiger partial charge in [0.2, 0.25) is 5.91 Å². The van der Waals surface area contributed by atoms with Crippen molar-refractivity contribution in [1.82, 2.24) is 15.5 Å². The predicted octanol–water partition coefficient (Wildman–Crippen LogP) is 0.0751. The number of nitrogens with zero attached hydrogens (tertiary/aromatic N) is 1. The van der Waals surface area contributed by atoms with Crippen LogP contribution < -0.4 is 21.1 Å². The Hall–Kier alpha value is -2.28. The van der Waals surface area contributed by atoms with Gasteiger partial charge in [0.15, 0.2) is 0 Å². The lowest BCUT2D eigenvalue weighted by molar-refractivity contribution is -0.118. The van der Waals surface area contributed by atoms with Crippen molar-refractivity contribution in [3.63, 3.8) is 0 Å². The Bertz CT molecular complexity index is 518. The maximum atomic E-state index is 11.9. The van der Waals surface area contributed by atoms with E-state index in [4.69, 9.17) is 10.5 Å². The molecule has 0 radical (unpaired) electrons. The van der Waals surface area contributed by atoms with Gasteiger partial charge in [-0.15, -0.1) is 0 Å². The molecule has 22 heavy (non-hydrogen) atoms. The normalized spacial score (nSPS) is 10.4. The molecule has 2 amide bonds. The lowest BCUT2D eigenvalue weighted by atomic mass is 10.1. The molecule has 1 aromatic rings. The van der Waals surface area contributed by atoms with E-state index in [-0.39, 0.29) is 11.8 Å². The monoisotopic (exact) mass is 308 g/mol. The van der Waals surface area contributed by atoms with E-state index in [1.165, 1.54) is 6.92 Å². The quantitative estimate of drug-likeness (QED) is 0.467. The first-order valence-electron chi connectivity index (χ1n) is 7.10. The molecule has 0 spiro atoms. The SMILES string of the molecule is CC(=O)NCCNC(=O)c1ccc(OCCN(C)C)c(N)c1. The Balaban J connectivity index is 2.49. The fourth-order valence-electron chi connectivity index (χ4n) is 1.68. The number of hydrogen-bond donors (Lipinski definition) is 3. The Morgan fingerprint density at radius 3 is 2.50 bits per heavy atom. The maximum absolute atomic E-state index is 11.9. The standard InChI is InChI=1S/C15H24N4O3/c1-11(20)17-6-7-18-15(21)12-4-5-14(13(16)10-12)22-9-8-19(2)3/h4-5,10H,6-9,16H2,1-3H3,(H,17,20)(H,18,21). The van der Waals surface area contributed by atoms with E-state index < -0.39 is 0 Å². The van der Waals surface area contributed by atoms with Gasteiger partial charge in [0.05, 0.1) is 5.69 Å². The average Bonchev–Trinajstić information content (AvgIpc) is 2.44. The highest BCUT2D eigenvalue weighted by atomic mass is 16.5. The zero-order valence-corrected chi connectivity index (χ0v) is 13.3. The summed E-state index contributed by atoms with van der Waals surface area (Å²) in [6.07, 6.45) is 0. The second-order valence-electron chi connectivity index (χ2n) is 5.14. The number of carbonyl (C=O) groups is 2. The van der Waals surface area contributed by atoms with E-state index in [0.717, 1.165) is 6.54 Å². The zero-order chi connectivity index (χ0) is 16.5. The van der Waals surface area contributed by atoms with E-state index >= 15 is 0 Å². The van der Waals surface area contributed by atoms with E-state index in [2.05, 4.69) is 10.6 Å². The molecule has 0 bridgehead atoms. The largest absolute Gasteiger partial charge is 0.490 e. The minimum atomic E-state index is -0.239. The molecule has 0 fully saturated rings. The van der Waals surface area contributed by atoms with Crippen LogP contribution in [0.2, 0.25) is 0 Å². The summed E-state index contributed by atoms with van der Waals surface area (Å²) < 4.78 is 5.56. The molecule has 0 saturated carbocycles. The highest BCUT2D eigenvalue weighted by molar-refractivity contribution is 5.95. The van der Waals surface area contributed by atoms with E-state index in [0.29, 0.717) is 36.7 Å². The lowest BCUT2D eigenvalue weighted by Gasteiger charge is -2.13. The molecule has 1 rings (SSSR count). The highest BCUT2D eigenvalue weighted by Crippen LogP contribution is 2.22. The van der Waals surface area contributed by atoms with Crippen LogP contribution in [0.1, 0.15) is 17.3 Å². The maximum Gasteiger partial charge on any atom is 0.251 e. The van der Waals surface area contributed by atoms with Gasteiger partial charge < -0.3 is 26.0 Å². The fourth-order valence-corrected chi connectivity index (χ4v) is 1.68. The molecule has 0 atom stereocenters. The average molecular weight is 308 g/mol. The lowest BCUT2D eigenvalue weighted by Crippen LogP contribution is -2.33. The van der Waals surface area contributed by atoms with Crippen molar-refractivity contribution in [1.29, 1.82) is 0 Å². The van der Waals surface area contributed by atoms with Crippen molar-refractivity contribution >= 4 is 17.5 Å². The molecule has 1 aromatic carbocycles. The van der Waals surface area contributed by atoms with Crippen LogP contribution in [0, 0.1) is 0 Å². The van der Waals surface area contributed by atoms with Crippen molar-refractivity contribution < 1.29 is 14.3 Å². The van der Waals surface area contributed by atoms with Crippen LogP contribution in [0.25, 0.3) is 0 Å². The summed E-state index contributed by atoms with van der Waals surface area (Å²) in [6.45, 7) is 3.49. The number of nitrogens with one attached hydrogen (secondary N) is 2. The van der Waals surface area contributed by atoms with Gasteiger partial charge in [-0.05, 0) is 32.3 Å². The van der Waals surface area contributed by atoms with Gasteiger partial charge in [-0.25, -0.2) is 0 Å². The molecule has 7 nitrogen and oxygen atoms in total. The molecule has 4 N–H and O–H groups in total. The molecular weight excluding hydrogens is 284 g/mol. The molecule has 0 saturated heterocycles. The van der Waals surface area contributed by atoms with E-state index in [1.807, 2.05) is 19.0 Å². The third-order valence-electron chi connectivity index (χ3n) is 2.85. The van der Waals surface area contributed by atoms with Crippen LogP contribution in [0.15, 0.2) is 18.2 Å². The predicted molar refractivity (Wildman–Crippen MR) is 85.9 cm³/mol. The molecular formula is C15H24N4O3. The molecule has 0 aliphatic rings. The van der Waals surface area contributed by atoms with Gasteiger partial charge in [0.25, 0.3) is 5.91 Å². The Kier molecular flexibility index (Phi) is 7.18. The van der Waals surface area contributed by atoms with Crippen molar-refractivity contribution in [2.24, 2.45) is 0 Å². The van der Waals surface area contributed by atoms with Gasteiger partial charge in [0, 0.05) is 32.1 Å². The number of nitrogen functional groups attached to an aromatic ring is 1. The van der Waals surface area contributed by atoms with Crippen LogP contribution in [0.4, 0.5) is 5.69 Å². The van der Waals surface area contributed by atoms with Crippen molar-refractivity contribution in [2.45, 2.75) is 6.92 Å². The topological polar surface area (TPSA) is 96.7 Å². The number of benzene rings is 1. The van der Waals surface area contributed by atoms with Crippen LogP contribution in [0.3, 0.4) is 0 Å². The summed E-state index contributed by atoms with van der Waals surface area (Å²) in [5, 5.41) is 5.31. The van der Waals surface area contributed by atoms with E-state index in [9.17, 15) is 9.59 Å². The molecule has 7 heteroatoms. The van der Waals surface area contributed by atoms with Crippen molar-refractivity contribution in [2.75, 3.05) is 46.1 Å². The fraction of sp³-hybridized carbons (Fsp3) is 0.467. The molecule has 0 aromatic heterocycles. The first-order valence-corrected chi connectivity index (χ1v) is 7.10. The number of carbonyl (C=O) groups excluding carboxylic acids is 2. The third-order valence-corrected chi connectivity index (χ3v) is 2.85. The number of likely N-dealkylation sites (N-methyl/N-ethyl adjacent to an activating group) is 1. The molecule has 0 heterocycles. The van der Waals surface area contributed by atoms with Crippen LogP contribution in [-0.4, -0.2) is 57.1 Å². The number of ether oxygens (including phenoxy) is 1. The molecule has 0 unspecified atom stereocenters. The number of nitrogens with two attached hydrogens (primary N) is 1. The molecule has 0 aliphatic carbocycles. The summed E-state index contributed by atoms with van der Waals surface area (Å²) in [5.74, 6) is 0.200. The first kappa shape index (κ1) is 17.8. The second kappa shape index (κ2) is 8.89. The summed E-state index contributed by atoms with van der Waals surface area (Å²) in [4.78, 5) is 24.6. The van der Waals surface area contributed by atoms with Crippen molar-refractivity contribution in [3.05, 3.63) is 23.8 Å². The molecule has 0 aliphatic heterocycles. The summed E-state index contributed by atoms with van der Waals surface area (Å²) >= 11 is 0. The van der Waals surface area contributed by atoms with Gasteiger partial charge in [-0.3, -0.25) is 9.59 Å². The van der Waals surface area contributed by atoms with Gasteiger partial charge in [0.1, 0.15) is 12.4 Å². The summed E-state index contributed by atoms with van der Waals surface area (Å²) in [5.41, 5.74) is 6.78. The Labute approximate surface area is 130 Å². The number of hydrogen-bond acceptors (Lipinski definition) is 5. The number of amides is 2. The third kappa shape index (κ3) is 6.45. The second-order valence-corrected chi connectivity index (χ2v) is 5.14. The summed E-state index contributed by atoms with van der Waals surface area (Å²) in [6, 6.07) is 4.93. The smallest absolute Gasteiger partial charge is 0.251 e. The molecule has 122 valence electrons. The Morgan fingerprint density at radius 1 is 1.23 bits per heavy atom. The van der Waals surface area contributed by atoms with Gasteiger partial charge in [-0.2, -0.15) is 0 Å². The highest BCUT2D eigenvalue weighted by Gasteiger charge is 2.08. The van der Waals surface area contributed by atoms with E-state index in [1.54, 1.807) is 18.2 Å². The zero-order valence-electron chi connectivity index (χ0n) is 13.3. The van der Waals surface area contributed by atoms with Gasteiger partial charge in [-0.1, -0.05) is 0 Å². The van der Waals surface area contributed by atoms with Crippen molar-refractivity contribution in [3.8, 4) is 5.75 Å². The van der Waals surface area contributed by atoms with Crippen LogP contribution >= 0.6 is 0 Å². The Morgan fingerprint density at radius 2 is 1.91 bits per heavy atom. The van der Waals surface area contributed by atoms with Crippen LogP contribution in [-0.2, 0) is 4.79 Å². The van der Waals surface area contributed by atoms with Crippen LogP contribution in [0.5, 0.6) is 5.75 Å². The summed E-state index contributed by atoms with van der Waals surface area (Å²) in [7, 11) is 3.92. The first-order chi connectivity index (χ1) is 10.4. The number of rotatable bonds is 8. The minimum Gasteiger partial charge on any atom is -0.490 e.